The Morgan fingerprint density at radius 2 is 2.23 bits per heavy atom. The van der Waals surface area contributed by atoms with Crippen LogP contribution in [-0.4, -0.2) is 53.4 Å². The monoisotopic (exact) mass is 521 g/mol. The third-order valence-corrected chi connectivity index (χ3v) is 5.74. The molecule has 1 atom stereocenters. The van der Waals surface area contributed by atoms with Crippen molar-refractivity contribution in [2.24, 2.45) is 12.0 Å². The van der Waals surface area contributed by atoms with Crippen molar-refractivity contribution in [3.8, 4) is 0 Å². The molecule has 1 unspecified atom stereocenters. The maximum Gasteiger partial charge on any atom is 0.191 e. The summed E-state index contributed by atoms with van der Waals surface area (Å²) in [7, 11) is 3.80. The fourth-order valence-corrected chi connectivity index (χ4v) is 4.18. The molecule has 7 nitrogen and oxygen atoms in total. The molecule has 8 heteroatoms. The molecular formula is C22H32IN7. The number of guanidine groups is 1. The van der Waals surface area contributed by atoms with E-state index in [9.17, 15) is 0 Å². The van der Waals surface area contributed by atoms with Crippen molar-refractivity contribution in [2.75, 3.05) is 31.6 Å². The predicted molar refractivity (Wildman–Crippen MR) is 135 cm³/mol. The van der Waals surface area contributed by atoms with Crippen LogP contribution in [0.3, 0.4) is 0 Å². The topological polar surface area (TPSA) is 73.3 Å². The van der Waals surface area contributed by atoms with Gasteiger partial charge < -0.3 is 20.5 Å². The number of para-hydroxylation sites is 1. The Morgan fingerprint density at radius 1 is 1.37 bits per heavy atom. The standard InChI is InChI=1S/C22H31N7.HI/c1-16-6-4-8-20-17(12-25-21(16)20)9-10-24-22(23-2)27-18-7-5-11-29(14-18)19-13-26-28(3)15-19;/h4,6,8,12-13,15,18,25H,5,7,9-11,14H2,1-3H3,(H2,23,24,27);1H. The van der Waals surface area contributed by atoms with Crippen LogP contribution in [0.15, 0.2) is 41.8 Å². The van der Waals surface area contributed by atoms with Gasteiger partial charge in [0.2, 0.25) is 0 Å². The molecule has 1 aromatic carbocycles. The van der Waals surface area contributed by atoms with Gasteiger partial charge in [0, 0.05) is 63.1 Å². The van der Waals surface area contributed by atoms with Crippen molar-refractivity contribution in [1.82, 2.24) is 25.4 Å². The zero-order chi connectivity index (χ0) is 20.2. The van der Waals surface area contributed by atoms with Crippen LogP contribution in [0.25, 0.3) is 10.9 Å². The average Bonchev–Trinajstić information content (AvgIpc) is 3.35. The Kier molecular flexibility index (Phi) is 7.63. The molecule has 0 aliphatic carbocycles. The maximum atomic E-state index is 4.43. The van der Waals surface area contributed by atoms with Gasteiger partial charge in [-0.25, -0.2) is 0 Å². The van der Waals surface area contributed by atoms with E-state index in [4.69, 9.17) is 0 Å². The van der Waals surface area contributed by atoms with E-state index in [2.05, 4.69) is 68.1 Å². The van der Waals surface area contributed by atoms with Gasteiger partial charge in [0.05, 0.1) is 11.9 Å². The average molecular weight is 521 g/mol. The van der Waals surface area contributed by atoms with Crippen LogP contribution in [-0.2, 0) is 13.5 Å². The van der Waals surface area contributed by atoms with Crippen LogP contribution in [0.5, 0.6) is 0 Å². The number of fused-ring (bicyclic) bond motifs is 1. The molecule has 0 spiro atoms. The number of rotatable bonds is 5. The summed E-state index contributed by atoms with van der Waals surface area (Å²) in [6, 6.07) is 6.84. The maximum absolute atomic E-state index is 4.43. The second kappa shape index (κ2) is 10.2. The van der Waals surface area contributed by atoms with Crippen LogP contribution in [0.2, 0.25) is 0 Å². The Bertz CT molecular complexity index is 990. The highest BCUT2D eigenvalue weighted by atomic mass is 127. The number of piperidine rings is 1. The molecule has 0 amide bonds. The van der Waals surface area contributed by atoms with Gasteiger partial charge in [-0.05, 0) is 37.3 Å². The number of nitrogens with one attached hydrogen (secondary N) is 3. The molecule has 1 aliphatic heterocycles. The van der Waals surface area contributed by atoms with Crippen LogP contribution < -0.4 is 15.5 Å². The van der Waals surface area contributed by atoms with Crippen molar-refractivity contribution in [2.45, 2.75) is 32.2 Å². The molecule has 3 N–H and O–H groups in total. The van der Waals surface area contributed by atoms with Gasteiger partial charge in [-0.1, -0.05) is 18.2 Å². The molecule has 2 aromatic heterocycles. The minimum Gasteiger partial charge on any atom is -0.367 e. The third-order valence-electron chi connectivity index (χ3n) is 5.74. The number of aromatic amines is 1. The van der Waals surface area contributed by atoms with Gasteiger partial charge in [0.25, 0.3) is 0 Å². The fraction of sp³-hybridized carbons (Fsp3) is 0.455. The number of nitrogens with zero attached hydrogens (tertiary/aromatic N) is 4. The lowest BCUT2D eigenvalue weighted by molar-refractivity contribution is 0.468. The van der Waals surface area contributed by atoms with Crippen molar-refractivity contribution < 1.29 is 0 Å². The first kappa shape index (κ1) is 22.5. The second-order valence-corrected chi connectivity index (χ2v) is 7.86. The minimum atomic E-state index is 0. The Morgan fingerprint density at radius 3 is 3.00 bits per heavy atom. The van der Waals surface area contributed by atoms with Crippen LogP contribution in [0.1, 0.15) is 24.0 Å². The number of aromatic nitrogens is 3. The van der Waals surface area contributed by atoms with Gasteiger partial charge in [-0.15, -0.1) is 24.0 Å². The van der Waals surface area contributed by atoms with Crippen LogP contribution in [0.4, 0.5) is 5.69 Å². The largest absolute Gasteiger partial charge is 0.367 e. The summed E-state index contributed by atoms with van der Waals surface area (Å²) in [4.78, 5) is 10.2. The number of halogens is 1. The number of anilines is 1. The number of H-pyrrole nitrogens is 1. The minimum absolute atomic E-state index is 0. The highest BCUT2D eigenvalue weighted by Gasteiger charge is 2.21. The number of aliphatic imine (C=N–C) groups is 1. The van der Waals surface area contributed by atoms with E-state index in [-0.39, 0.29) is 24.0 Å². The molecule has 0 bridgehead atoms. The van der Waals surface area contributed by atoms with E-state index in [1.807, 2.05) is 25.0 Å². The lowest BCUT2D eigenvalue weighted by atomic mass is 10.1. The number of hydrogen-bond acceptors (Lipinski definition) is 3. The first-order valence-corrected chi connectivity index (χ1v) is 10.4. The van der Waals surface area contributed by atoms with Crippen molar-refractivity contribution in [1.29, 1.82) is 0 Å². The van der Waals surface area contributed by atoms with Crippen molar-refractivity contribution in [3.63, 3.8) is 0 Å². The molecule has 162 valence electrons. The summed E-state index contributed by atoms with van der Waals surface area (Å²) in [5.74, 6) is 0.874. The Balaban J connectivity index is 0.00000256. The van der Waals surface area contributed by atoms with Crippen molar-refractivity contribution in [3.05, 3.63) is 47.9 Å². The van der Waals surface area contributed by atoms with Gasteiger partial charge >= 0.3 is 0 Å². The first-order chi connectivity index (χ1) is 14.1. The summed E-state index contributed by atoms with van der Waals surface area (Å²) < 4.78 is 1.86. The van der Waals surface area contributed by atoms with E-state index in [0.29, 0.717) is 6.04 Å². The Hall–Kier alpha value is -2.23. The first-order valence-electron chi connectivity index (χ1n) is 10.4. The molecule has 0 saturated carbocycles. The third kappa shape index (κ3) is 5.08. The highest BCUT2D eigenvalue weighted by Crippen LogP contribution is 2.21. The molecule has 30 heavy (non-hydrogen) atoms. The number of benzene rings is 1. The van der Waals surface area contributed by atoms with Crippen LogP contribution >= 0.6 is 24.0 Å². The van der Waals surface area contributed by atoms with E-state index >= 15 is 0 Å². The molecule has 4 rings (SSSR count). The molecule has 1 saturated heterocycles. The SMILES string of the molecule is CN=C(NCCc1c[nH]c2c(C)cccc12)NC1CCCN(c2cnn(C)c2)C1.I. The van der Waals surface area contributed by atoms with Gasteiger partial charge in [-0.3, -0.25) is 9.67 Å². The summed E-state index contributed by atoms with van der Waals surface area (Å²) in [5.41, 5.74) is 5.06. The molecule has 3 aromatic rings. The van der Waals surface area contributed by atoms with E-state index < -0.39 is 0 Å². The quantitative estimate of drug-likeness (QED) is 0.274. The van der Waals surface area contributed by atoms with Gasteiger partial charge in [0.1, 0.15) is 0 Å². The zero-order valence-corrected chi connectivity index (χ0v) is 20.3. The summed E-state index contributed by atoms with van der Waals surface area (Å²) >= 11 is 0. The second-order valence-electron chi connectivity index (χ2n) is 7.86. The van der Waals surface area contributed by atoms with E-state index in [1.54, 1.807) is 0 Å². The number of hydrogen-bond donors (Lipinski definition) is 3. The van der Waals surface area contributed by atoms with Gasteiger partial charge in [0.15, 0.2) is 5.96 Å². The molecular weight excluding hydrogens is 489 g/mol. The molecule has 1 aliphatic rings. The Labute approximate surface area is 195 Å². The van der Waals surface area contributed by atoms with Gasteiger partial charge in [-0.2, -0.15) is 5.10 Å². The fourth-order valence-electron chi connectivity index (χ4n) is 4.18. The molecule has 1 fully saturated rings. The molecule has 3 heterocycles. The number of aryl methyl sites for hydroxylation is 2. The lowest BCUT2D eigenvalue weighted by Gasteiger charge is -2.34. The summed E-state index contributed by atoms with van der Waals surface area (Å²) in [5, 5.41) is 12.7. The normalized spacial score (nSPS) is 17.1. The summed E-state index contributed by atoms with van der Waals surface area (Å²) in [6.07, 6.45) is 9.42. The zero-order valence-electron chi connectivity index (χ0n) is 18.0. The van der Waals surface area contributed by atoms with Crippen LogP contribution in [0, 0.1) is 6.92 Å². The van der Waals surface area contributed by atoms with E-state index in [0.717, 1.165) is 44.9 Å². The predicted octanol–water partition coefficient (Wildman–Crippen LogP) is 3.20. The summed E-state index contributed by atoms with van der Waals surface area (Å²) in [6.45, 7) is 5.04. The smallest absolute Gasteiger partial charge is 0.191 e. The lowest BCUT2D eigenvalue weighted by Crippen LogP contribution is -2.51. The van der Waals surface area contributed by atoms with Crippen molar-refractivity contribution >= 4 is 46.5 Å². The molecule has 0 radical (unpaired) electrons. The highest BCUT2D eigenvalue weighted by molar-refractivity contribution is 14.0. The van der Waals surface area contributed by atoms with E-state index in [1.165, 1.54) is 27.7 Å².